The van der Waals surface area contributed by atoms with E-state index in [9.17, 15) is 4.39 Å². The van der Waals surface area contributed by atoms with Gasteiger partial charge in [-0.05, 0) is 23.8 Å². The predicted molar refractivity (Wildman–Crippen MR) is 67.3 cm³/mol. The van der Waals surface area contributed by atoms with Crippen LogP contribution in [0.1, 0.15) is 0 Å². The van der Waals surface area contributed by atoms with Gasteiger partial charge in [0.25, 0.3) is 0 Å². The van der Waals surface area contributed by atoms with Gasteiger partial charge in [0, 0.05) is 5.56 Å². The number of hydrogen-bond donors (Lipinski definition) is 1. The molecule has 94 valence electrons. The average Bonchev–Trinajstić information content (AvgIpc) is 2.82. The molecule has 0 saturated carbocycles. The van der Waals surface area contributed by atoms with Crippen LogP contribution in [-0.2, 0) is 0 Å². The SMILES string of the molecule is Nc1noc(-c2ccnnc2)c1-c1cccc(F)c1. The Kier molecular flexibility index (Phi) is 2.68. The quantitative estimate of drug-likeness (QED) is 0.762. The fraction of sp³-hybridized carbons (Fsp3) is 0. The smallest absolute Gasteiger partial charge is 0.178 e. The third kappa shape index (κ3) is 2.03. The number of benzene rings is 1. The third-order valence-electron chi connectivity index (χ3n) is 2.68. The van der Waals surface area contributed by atoms with Crippen LogP contribution >= 0.6 is 0 Å². The second kappa shape index (κ2) is 4.49. The van der Waals surface area contributed by atoms with Gasteiger partial charge in [0.2, 0.25) is 0 Å². The minimum Gasteiger partial charge on any atom is -0.380 e. The van der Waals surface area contributed by atoms with Crippen LogP contribution in [0, 0.1) is 5.82 Å². The number of nitrogens with two attached hydrogens (primary N) is 1. The van der Waals surface area contributed by atoms with Crippen LogP contribution in [0.5, 0.6) is 0 Å². The highest BCUT2D eigenvalue weighted by molar-refractivity contribution is 5.86. The standard InChI is InChI=1S/C13H9FN4O/c14-10-3-1-2-8(6-10)11-12(19-18-13(11)15)9-4-5-16-17-7-9/h1-7H,(H2,15,18). The Hall–Kier alpha value is -2.76. The minimum absolute atomic E-state index is 0.206. The number of rotatable bonds is 2. The van der Waals surface area contributed by atoms with Crippen molar-refractivity contribution in [2.75, 3.05) is 5.73 Å². The zero-order valence-corrected chi connectivity index (χ0v) is 9.75. The molecule has 0 fully saturated rings. The van der Waals surface area contributed by atoms with E-state index in [0.717, 1.165) is 0 Å². The lowest BCUT2D eigenvalue weighted by molar-refractivity contribution is 0.436. The van der Waals surface area contributed by atoms with E-state index in [-0.39, 0.29) is 11.6 Å². The zero-order chi connectivity index (χ0) is 13.2. The molecule has 5 nitrogen and oxygen atoms in total. The molecule has 3 aromatic rings. The fourth-order valence-corrected chi connectivity index (χ4v) is 1.85. The largest absolute Gasteiger partial charge is 0.380 e. The first-order valence-electron chi connectivity index (χ1n) is 5.54. The van der Waals surface area contributed by atoms with E-state index < -0.39 is 0 Å². The second-order valence-corrected chi connectivity index (χ2v) is 3.91. The van der Waals surface area contributed by atoms with Gasteiger partial charge in [0.15, 0.2) is 11.6 Å². The van der Waals surface area contributed by atoms with Crippen LogP contribution < -0.4 is 5.73 Å². The summed E-state index contributed by atoms with van der Waals surface area (Å²) in [6.07, 6.45) is 3.06. The highest BCUT2D eigenvalue weighted by Gasteiger charge is 2.18. The van der Waals surface area contributed by atoms with Crippen molar-refractivity contribution in [3.63, 3.8) is 0 Å². The number of hydrogen-bond acceptors (Lipinski definition) is 5. The van der Waals surface area contributed by atoms with E-state index in [4.69, 9.17) is 10.3 Å². The summed E-state index contributed by atoms with van der Waals surface area (Å²) in [6.45, 7) is 0. The lowest BCUT2D eigenvalue weighted by Crippen LogP contribution is -1.90. The first-order valence-corrected chi connectivity index (χ1v) is 5.54. The molecule has 3 rings (SSSR count). The maximum absolute atomic E-state index is 13.3. The number of aromatic nitrogens is 3. The van der Waals surface area contributed by atoms with E-state index in [0.29, 0.717) is 22.5 Å². The van der Waals surface area contributed by atoms with Crippen molar-refractivity contribution in [1.82, 2.24) is 15.4 Å². The Labute approximate surface area is 107 Å². The summed E-state index contributed by atoms with van der Waals surface area (Å²) in [5.41, 5.74) is 7.63. The van der Waals surface area contributed by atoms with Gasteiger partial charge in [-0.25, -0.2) is 4.39 Å². The molecule has 0 aliphatic rings. The lowest BCUT2D eigenvalue weighted by Gasteiger charge is -2.02. The molecule has 2 aromatic heterocycles. The van der Waals surface area contributed by atoms with Gasteiger partial charge in [0.05, 0.1) is 18.0 Å². The molecule has 0 unspecified atom stereocenters. The Bertz CT molecular complexity index is 712. The number of halogens is 1. The van der Waals surface area contributed by atoms with Gasteiger partial charge in [-0.15, -0.1) is 0 Å². The van der Waals surface area contributed by atoms with E-state index in [1.54, 1.807) is 18.2 Å². The van der Waals surface area contributed by atoms with Crippen LogP contribution in [0.25, 0.3) is 22.5 Å². The van der Waals surface area contributed by atoms with Gasteiger partial charge < -0.3 is 10.3 Å². The average molecular weight is 256 g/mol. The second-order valence-electron chi connectivity index (χ2n) is 3.91. The zero-order valence-electron chi connectivity index (χ0n) is 9.75. The van der Waals surface area contributed by atoms with Gasteiger partial charge in [-0.1, -0.05) is 17.3 Å². The highest BCUT2D eigenvalue weighted by Crippen LogP contribution is 2.36. The summed E-state index contributed by atoms with van der Waals surface area (Å²) < 4.78 is 18.5. The molecule has 0 bridgehead atoms. The Morgan fingerprint density at radius 3 is 2.74 bits per heavy atom. The van der Waals surface area contributed by atoms with Gasteiger partial charge in [0.1, 0.15) is 5.82 Å². The van der Waals surface area contributed by atoms with E-state index >= 15 is 0 Å². The summed E-state index contributed by atoms with van der Waals surface area (Å²) in [6, 6.07) is 7.80. The van der Waals surface area contributed by atoms with Gasteiger partial charge in [-0.3, -0.25) is 0 Å². The van der Waals surface area contributed by atoms with Crippen LogP contribution in [-0.4, -0.2) is 15.4 Å². The lowest BCUT2D eigenvalue weighted by atomic mass is 10.0. The molecule has 19 heavy (non-hydrogen) atoms. The van der Waals surface area contributed by atoms with Crippen molar-refractivity contribution >= 4 is 5.82 Å². The summed E-state index contributed by atoms with van der Waals surface area (Å²) in [7, 11) is 0. The van der Waals surface area contributed by atoms with E-state index in [2.05, 4.69) is 15.4 Å². The molecule has 6 heteroatoms. The first kappa shape index (κ1) is 11.3. The predicted octanol–water partition coefficient (Wildman–Crippen LogP) is 2.52. The van der Waals surface area contributed by atoms with Crippen molar-refractivity contribution in [2.45, 2.75) is 0 Å². The molecule has 0 aliphatic carbocycles. The Balaban J connectivity index is 2.20. The molecule has 2 heterocycles. The Morgan fingerprint density at radius 1 is 1.11 bits per heavy atom. The van der Waals surface area contributed by atoms with Gasteiger partial charge >= 0.3 is 0 Å². The van der Waals surface area contributed by atoms with Crippen molar-refractivity contribution in [3.8, 4) is 22.5 Å². The number of anilines is 1. The molecule has 0 aliphatic heterocycles. The van der Waals surface area contributed by atoms with Gasteiger partial charge in [-0.2, -0.15) is 10.2 Å². The van der Waals surface area contributed by atoms with Crippen LogP contribution in [0.2, 0.25) is 0 Å². The van der Waals surface area contributed by atoms with Crippen molar-refractivity contribution in [3.05, 3.63) is 48.5 Å². The van der Waals surface area contributed by atoms with Crippen LogP contribution in [0.4, 0.5) is 10.2 Å². The third-order valence-corrected chi connectivity index (χ3v) is 2.68. The molecule has 0 atom stereocenters. The number of nitrogen functional groups attached to an aromatic ring is 1. The molecule has 0 saturated heterocycles. The maximum Gasteiger partial charge on any atom is 0.178 e. The molecule has 2 N–H and O–H groups in total. The van der Waals surface area contributed by atoms with Crippen molar-refractivity contribution < 1.29 is 8.91 Å². The Morgan fingerprint density at radius 2 is 2.00 bits per heavy atom. The summed E-state index contributed by atoms with van der Waals surface area (Å²) >= 11 is 0. The van der Waals surface area contributed by atoms with Crippen molar-refractivity contribution in [1.29, 1.82) is 0 Å². The number of nitrogens with zero attached hydrogens (tertiary/aromatic N) is 3. The summed E-state index contributed by atoms with van der Waals surface area (Å²) in [5, 5.41) is 11.2. The molecule has 0 spiro atoms. The summed E-state index contributed by atoms with van der Waals surface area (Å²) in [4.78, 5) is 0. The molecule has 0 radical (unpaired) electrons. The first-order chi connectivity index (χ1) is 9.25. The van der Waals surface area contributed by atoms with Crippen LogP contribution in [0.15, 0.2) is 47.2 Å². The molecule has 0 amide bonds. The molecular weight excluding hydrogens is 247 g/mol. The molecule has 1 aromatic carbocycles. The minimum atomic E-state index is -0.350. The monoisotopic (exact) mass is 256 g/mol. The van der Waals surface area contributed by atoms with E-state index in [1.807, 2.05) is 0 Å². The van der Waals surface area contributed by atoms with Crippen molar-refractivity contribution in [2.24, 2.45) is 0 Å². The highest BCUT2D eigenvalue weighted by atomic mass is 19.1. The molecular formula is C13H9FN4O. The topological polar surface area (TPSA) is 77.8 Å². The maximum atomic E-state index is 13.3. The fourth-order valence-electron chi connectivity index (χ4n) is 1.85. The summed E-state index contributed by atoms with van der Waals surface area (Å²) in [5.74, 6) is 0.298. The van der Waals surface area contributed by atoms with E-state index in [1.165, 1.54) is 24.5 Å². The van der Waals surface area contributed by atoms with Crippen LogP contribution in [0.3, 0.4) is 0 Å². The normalized spacial score (nSPS) is 10.6.